The Labute approximate surface area is 57.5 Å². The molecule has 0 atom stereocenters. The molecular formula is C5H4ClN3. The largest absolute Gasteiger partial charge is 0.324 e. The summed E-state index contributed by atoms with van der Waals surface area (Å²) < 4.78 is 1.57. The maximum atomic E-state index is 8.34. The van der Waals surface area contributed by atoms with Gasteiger partial charge in [-0.3, -0.25) is 0 Å². The van der Waals surface area contributed by atoms with Crippen molar-refractivity contribution < 1.29 is 0 Å². The zero-order chi connectivity index (χ0) is 6.85. The maximum absolute atomic E-state index is 8.34. The quantitative estimate of drug-likeness (QED) is 0.540. The molecule has 0 spiro atoms. The maximum Gasteiger partial charge on any atom is 0.213 e. The molecule has 0 saturated heterocycles. The minimum Gasteiger partial charge on any atom is -0.324 e. The van der Waals surface area contributed by atoms with Crippen molar-refractivity contribution in [1.82, 2.24) is 9.55 Å². The Morgan fingerprint density at radius 3 is 2.78 bits per heavy atom. The lowest BCUT2D eigenvalue weighted by atomic mass is 10.7. The van der Waals surface area contributed by atoms with Gasteiger partial charge in [-0.1, -0.05) is 11.6 Å². The van der Waals surface area contributed by atoms with Crippen LogP contribution in [0.1, 0.15) is 5.82 Å². The van der Waals surface area contributed by atoms with Gasteiger partial charge in [-0.15, -0.1) is 0 Å². The molecular weight excluding hydrogens is 138 g/mol. The second-order valence-electron chi connectivity index (χ2n) is 1.61. The monoisotopic (exact) mass is 141 g/mol. The molecule has 0 unspecified atom stereocenters. The molecule has 3 nitrogen and oxygen atoms in total. The number of nitrogens with zero attached hydrogens (tertiary/aromatic N) is 3. The predicted molar refractivity (Wildman–Crippen MR) is 32.9 cm³/mol. The van der Waals surface area contributed by atoms with Crippen LogP contribution in [0.2, 0.25) is 5.15 Å². The molecule has 0 aliphatic rings. The van der Waals surface area contributed by atoms with E-state index in [-0.39, 0.29) is 0 Å². The fraction of sp³-hybridized carbons (Fsp3) is 0.200. The first-order chi connectivity index (χ1) is 4.24. The van der Waals surface area contributed by atoms with Gasteiger partial charge in [0.05, 0.1) is 0 Å². The molecule has 0 N–H and O–H groups in total. The van der Waals surface area contributed by atoms with Gasteiger partial charge in [-0.25, -0.2) is 4.98 Å². The smallest absolute Gasteiger partial charge is 0.213 e. The molecule has 0 aliphatic carbocycles. The lowest BCUT2D eigenvalue weighted by molar-refractivity contribution is 0.889. The lowest BCUT2D eigenvalue weighted by Gasteiger charge is -1.84. The van der Waals surface area contributed by atoms with Gasteiger partial charge >= 0.3 is 0 Å². The second-order valence-corrected chi connectivity index (χ2v) is 2.00. The molecule has 1 rings (SSSR count). The Hall–Kier alpha value is -1.01. The molecule has 9 heavy (non-hydrogen) atoms. The van der Waals surface area contributed by atoms with Crippen LogP contribution in [0.3, 0.4) is 0 Å². The molecule has 0 aromatic carbocycles. The van der Waals surface area contributed by atoms with Crippen molar-refractivity contribution in [2.24, 2.45) is 7.05 Å². The summed E-state index contributed by atoms with van der Waals surface area (Å²) in [6.07, 6.45) is 1.58. The standard InChI is InChI=1S/C5H4ClN3/c1-9-3-4(6)8-5(9)2-7/h3H,1H3. The fourth-order valence-electron chi connectivity index (χ4n) is 0.534. The molecule has 1 heterocycles. The molecule has 1 aromatic heterocycles. The van der Waals surface area contributed by atoms with Gasteiger partial charge in [0.2, 0.25) is 5.82 Å². The molecule has 0 fully saturated rings. The van der Waals surface area contributed by atoms with E-state index < -0.39 is 0 Å². The van der Waals surface area contributed by atoms with Crippen LogP contribution >= 0.6 is 11.6 Å². The van der Waals surface area contributed by atoms with Crippen LogP contribution in [0.25, 0.3) is 0 Å². The van der Waals surface area contributed by atoms with E-state index in [4.69, 9.17) is 16.9 Å². The van der Waals surface area contributed by atoms with Crippen molar-refractivity contribution in [3.8, 4) is 6.07 Å². The van der Waals surface area contributed by atoms with E-state index in [1.165, 1.54) is 0 Å². The van der Waals surface area contributed by atoms with Crippen molar-refractivity contribution in [3.05, 3.63) is 17.2 Å². The Bertz CT molecular complexity index is 258. The zero-order valence-corrected chi connectivity index (χ0v) is 5.55. The van der Waals surface area contributed by atoms with Crippen LogP contribution in [0.15, 0.2) is 6.20 Å². The summed E-state index contributed by atoms with van der Waals surface area (Å²) in [6, 6.07) is 1.88. The third-order valence-corrected chi connectivity index (χ3v) is 1.13. The van der Waals surface area contributed by atoms with Gasteiger partial charge in [0.1, 0.15) is 11.2 Å². The van der Waals surface area contributed by atoms with E-state index in [9.17, 15) is 0 Å². The van der Waals surface area contributed by atoms with E-state index in [1.807, 2.05) is 6.07 Å². The summed E-state index contributed by atoms with van der Waals surface area (Å²) in [5, 5.41) is 8.70. The highest BCUT2D eigenvalue weighted by Gasteiger charge is 1.98. The number of rotatable bonds is 0. The van der Waals surface area contributed by atoms with Crippen LogP contribution in [0, 0.1) is 11.3 Å². The van der Waals surface area contributed by atoms with Crippen molar-refractivity contribution in [1.29, 1.82) is 5.26 Å². The summed E-state index contributed by atoms with van der Waals surface area (Å²) in [4.78, 5) is 3.70. The molecule has 1 aromatic rings. The molecule has 0 aliphatic heterocycles. The number of nitriles is 1. The highest BCUT2D eigenvalue weighted by molar-refractivity contribution is 6.29. The summed E-state index contributed by atoms with van der Waals surface area (Å²) in [7, 11) is 1.72. The van der Waals surface area contributed by atoms with Gasteiger partial charge in [0, 0.05) is 13.2 Å². The summed E-state index contributed by atoms with van der Waals surface area (Å²) >= 11 is 5.46. The number of imidazole rings is 1. The number of halogens is 1. The average molecular weight is 142 g/mol. The van der Waals surface area contributed by atoms with Crippen molar-refractivity contribution >= 4 is 11.6 Å². The Balaban J connectivity index is 3.20. The van der Waals surface area contributed by atoms with Crippen molar-refractivity contribution in [2.45, 2.75) is 0 Å². The van der Waals surface area contributed by atoms with Gasteiger partial charge in [0.15, 0.2) is 0 Å². The molecule has 0 bridgehead atoms. The van der Waals surface area contributed by atoms with Crippen LogP contribution in [-0.2, 0) is 7.05 Å². The molecule has 4 heteroatoms. The van der Waals surface area contributed by atoms with Crippen LogP contribution < -0.4 is 0 Å². The Kier molecular flexibility index (Phi) is 1.41. The van der Waals surface area contributed by atoms with Crippen LogP contribution in [0.5, 0.6) is 0 Å². The van der Waals surface area contributed by atoms with Crippen molar-refractivity contribution in [3.63, 3.8) is 0 Å². The topological polar surface area (TPSA) is 41.6 Å². The van der Waals surface area contributed by atoms with Gasteiger partial charge in [0.25, 0.3) is 0 Å². The highest BCUT2D eigenvalue weighted by Crippen LogP contribution is 2.04. The predicted octanol–water partition coefficient (Wildman–Crippen LogP) is 0.945. The number of aromatic nitrogens is 2. The van der Waals surface area contributed by atoms with E-state index in [0.717, 1.165) is 0 Å². The Morgan fingerprint density at radius 1 is 1.89 bits per heavy atom. The van der Waals surface area contributed by atoms with E-state index >= 15 is 0 Å². The minimum atomic E-state index is 0.333. The normalized spacial score (nSPS) is 9.00. The van der Waals surface area contributed by atoms with E-state index in [0.29, 0.717) is 11.0 Å². The third kappa shape index (κ3) is 1.03. The lowest BCUT2D eigenvalue weighted by Crippen LogP contribution is -1.88. The first kappa shape index (κ1) is 6.12. The van der Waals surface area contributed by atoms with Crippen LogP contribution in [0.4, 0.5) is 0 Å². The molecule has 0 saturated carbocycles. The summed E-state index contributed by atoms with van der Waals surface area (Å²) in [5.41, 5.74) is 0. The fourth-order valence-corrected chi connectivity index (χ4v) is 0.760. The van der Waals surface area contributed by atoms with E-state index in [2.05, 4.69) is 4.98 Å². The number of hydrogen-bond donors (Lipinski definition) is 0. The molecule has 0 radical (unpaired) electrons. The van der Waals surface area contributed by atoms with Crippen molar-refractivity contribution in [2.75, 3.05) is 0 Å². The van der Waals surface area contributed by atoms with Gasteiger partial charge in [-0.05, 0) is 0 Å². The summed E-state index contributed by atoms with van der Waals surface area (Å²) in [6.45, 7) is 0. The zero-order valence-electron chi connectivity index (χ0n) is 4.80. The minimum absolute atomic E-state index is 0.333. The SMILES string of the molecule is Cn1cc(Cl)nc1C#N. The summed E-state index contributed by atoms with van der Waals surface area (Å²) in [5.74, 6) is 0.333. The first-order valence-corrected chi connectivity index (χ1v) is 2.71. The molecule has 0 amide bonds. The highest BCUT2D eigenvalue weighted by atomic mass is 35.5. The van der Waals surface area contributed by atoms with Gasteiger partial charge in [-0.2, -0.15) is 5.26 Å². The second kappa shape index (κ2) is 2.08. The number of aryl methyl sites for hydroxylation is 1. The first-order valence-electron chi connectivity index (χ1n) is 2.33. The van der Waals surface area contributed by atoms with E-state index in [1.54, 1.807) is 17.8 Å². The number of hydrogen-bond acceptors (Lipinski definition) is 2. The Morgan fingerprint density at radius 2 is 2.56 bits per heavy atom. The van der Waals surface area contributed by atoms with Crippen LogP contribution in [-0.4, -0.2) is 9.55 Å². The van der Waals surface area contributed by atoms with Gasteiger partial charge < -0.3 is 4.57 Å². The average Bonchev–Trinajstić information content (AvgIpc) is 2.10. The third-order valence-electron chi connectivity index (χ3n) is 0.947. The molecule has 46 valence electrons.